The zero-order valence-corrected chi connectivity index (χ0v) is 9.26. The minimum atomic E-state index is -0.469. The number of H-pyrrole nitrogens is 1. The van der Waals surface area contributed by atoms with Gasteiger partial charge in [0.05, 0.1) is 17.8 Å². The molecule has 0 unspecified atom stereocenters. The maximum absolute atomic E-state index is 13.9. The number of cyclic esters (lactones) is 1. The second-order valence-corrected chi connectivity index (χ2v) is 3.76. The van der Waals surface area contributed by atoms with Gasteiger partial charge in [0.2, 0.25) is 0 Å². The highest BCUT2D eigenvalue weighted by Crippen LogP contribution is 2.25. The van der Waals surface area contributed by atoms with Gasteiger partial charge in [0, 0.05) is 0 Å². The second kappa shape index (κ2) is 4.10. The SMILES string of the molecule is O=C1OCCN1c1ccc(-c2ncn[nH]2)c(F)c1. The van der Waals surface area contributed by atoms with Crippen molar-refractivity contribution in [1.29, 1.82) is 0 Å². The molecule has 1 saturated heterocycles. The molecule has 3 rings (SSSR count). The largest absolute Gasteiger partial charge is 0.447 e. The van der Waals surface area contributed by atoms with Gasteiger partial charge in [-0.3, -0.25) is 10.00 Å². The lowest BCUT2D eigenvalue weighted by Gasteiger charge is -2.13. The van der Waals surface area contributed by atoms with Gasteiger partial charge in [-0.1, -0.05) is 0 Å². The monoisotopic (exact) mass is 248 g/mol. The summed E-state index contributed by atoms with van der Waals surface area (Å²) in [5, 5.41) is 6.25. The minimum Gasteiger partial charge on any atom is -0.447 e. The predicted octanol–water partition coefficient (Wildman–Crippen LogP) is 1.57. The van der Waals surface area contributed by atoms with Gasteiger partial charge in [0.1, 0.15) is 18.8 Å². The fourth-order valence-corrected chi connectivity index (χ4v) is 1.83. The summed E-state index contributed by atoms with van der Waals surface area (Å²) < 4.78 is 18.7. The summed E-state index contributed by atoms with van der Waals surface area (Å²) in [6.07, 6.45) is 0.849. The van der Waals surface area contributed by atoms with Crippen molar-refractivity contribution < 1.29 is 13.9 Å². The number of carbonyl (C=O) groups is 1. The van der Waals surface area contributed by atoms with Crippen LogP contribution in [0.4, 0.5) is 14.9 Å². The van der Waals surface area contributed by atoms with Crippen molar-refractivity contribution in [2.45, 2.75) is 0 Å². The number of aromatic amines is 1. The van der Waals surface area contributed by atoms with Gasteiger partial charge in [0.15, 0.2) is 5.82 Å². The molecule has 1 N–H and O–H groups in total. The van der Waals surface area contributed by atoms with Crippen LogP contribution in [0.5, 0.6) is 0 Å². The van der Waals surface area contributed by atoms with Gasteiger partial charge in [-0.05, 0) is 18.2 Å². The maximum atomic E-state index is 13.9. The van der Waals surface area contributed by atoms with Gasteiger partial charge in [-0.2, -0.15) is 5.10 Å². The summed E-state index contributed by atoms with van der Waals surface area (Å²) in [5.41, 5.74) is 0.780. The van der Waals surface area contributed by atoms with Crippen molar-refractivity contribution >= 4 is 11.8 Å². The molecule has 0 atom stereocenters. The molecule has 92 valence electrons. The molecule has 0 radical (unpaired) electrons. The van der Waals surface area contributed by atoms with Crippen LogP contribution >= 0.6 is 0 Å². The number of amides is 1. The number of nitrogens with zero attached hydrogens (tertiary/aromatic N) is 3. The molecule has 1 aliphatic rings. The molecule has 18 heavy (non-hydrogen) atoms. The van der Waals surface area contributed by atoms with E-state index in [2.05, 4.69) is 15.2 Å². The first-order valence-electron chi connectivity index (χ1n) is 5.35. The van der Waals surface area contributed by atoms with Gasteiger partial charge in [-0.15, -0.1) is 0 Å². The molecule has 7 heteroatoms. The van der Waals surface area contributed by atoms with Crippen LogP contribution in [0.3, 0.4) is 0 Å². The summed E-state index contributed by atoms with van der Waals surface area (Å²) in [5.74, 6) is -0.119. The standard InChI is InChI=1S/C11H9FN4O2/c12-9-5-7(16-3-4-18-11(16)17)1-2-8(9)10-13-6-14-15-10/h1-2,5-6H,3-4H2,(H,13,14,15). The number of rotatable bonds is 2. The Bertz CT molecular complexity index is 585. The van der Waals surface area contributed by atoms with Crippen LogP contribution in [0.25, 0.3) is 11.4 Å². The lowest BCUT2D eigenvalue weighted by molar-refractivity contribution is 0.181. The van der Waals surface area contributed by atoms with Crippen LogP contribution in [-0.2, 0) is 4.74 Å². The molecule has 0 aliphatic carbocycles. The highest BCUT2D eigenvalue weighted by molar-refractivity contribution is 5.89. The Hall–Kier alpha value is -2.44. The van der Waals surface area contributed by atoms with E-state index in [9.17, 15) is 9.18 Å². The third-order valence-electron chi connectivity index (χ3n) is 2.70. The molecular formula is C11H9FN4O2. The Morgan fingerprint density at radius 2 is 2.33 bits per heavy atom. The van der Waals surface area contributed by atoms with Crippen LogP contribution in [0.1, 0.15) is 0 Å². The quantitative estimate of drug-likeness (QED) is 0.875. The Morgan fingerprint density at radius 3 is 2.94 bits per heavy atom. The first-order valence-corrected chi connectivity index (χ1v) is 5.35. The van der Waals surface area contributed by atoms with Crippen LogP contribution in [0.15, 0.2) is 24.5 Å². The average Bonchev–Trinajstić information content (AvgIpc) is 2.99. The van der Waals surface area contributed by atoms with Gasteiger partial charge in [-0.25, -0.2) is 14.2 Å². The topological polar surface area (TPSA) is 71.1 Å². The first kappa shape index (κ1) is 10.7. The zero-order valence-electron chi connectivity index (χ0n) is 9.26. The van der Waals surface area contributed by atoms with E-state index in [1.54, 1.807) is 12.1 Å². The van der Waals surface area contributed by atoms with Crippen molar-refractivity contribution in [3.8, 4) is 11.4 Å². The molecule has 0 saturated carbocycles. The molecule has 1 aliphatic heterocycles. The first-order chi connectivity index (χ1) is 8.75. The van der Waals surface area contributed by atoms with E-state index in [0.29, 0.717) is 30.2 Å². The van der Waals surface area contributed by atoms with Gasteiger partial charge >= 0.3 is 6.09 Å². The molecule has 1 amide bonds. The molecule has 1 aromatic heterocycles. The van der Waals surface area contributed by atoms with E-state index < -0.39 is 11.9 Å². The summed E-state index contributed by atoms with van der Waals surface area (Å²) in [6, 6.07) is 4.48. The Morgan fingerprint density at radius 1 is 1.44 bits per heavy atom. The lowest BCUT2D eigenvalue weighted by Crippen LogP contribution is -2.23. The summed E-state index contributed by atoms with van der Waals surface area (Å²) in [7, 11) is 0. The van der Waals surface area contributed by atoms with Crippen molar-refractivity contribution in [1.82, 2.24) is 15.2 Å². The number of aromatic nitrogens is 3. The highest BCUT2D eigenvalue weighted by atomic mass is 19.1. The predicted molar refractivity (Wildman–Crippen MR) is 60.5 cm³/mol. The number of nitrogens with one attached hydrogen (secondary N) is 1. The molecular weight excluding hydrogens is 239 g/mol. The number of ether oxygens (including phenoxy) is 1. The second-order valence-electron chi connectivity index (χ2n) is 3.76. The van der Waals surface area contributed by atoms with Crippen LogP contribution in [0, 0.1) is 5.82 Å². The maximum Gasteiger partial charge on any atom is 0.414 e. The molecule has 2 heterocycles. The van der Waals surface area contributed by atoms with Crippen LogP contribution in [0.2, 0.25) is 0 Å². The van der Waals surface area contributed by atoms with E-state index >= 15 is 0 Å². The van der Waals surface area contributed by atoms with E-state index in [1.165, 1.54) is 17.3 Å². The minimum absolute atomic E-state index is 0.309. The van der Waals surface area contributed by atoms with Gasteiger partial charge < -0.3 is 4.74 Å². The van der Waals surface area contributed by atoms with Crippen molar-refractivity contribution in [3.63, 3.8) is 0 Å². The number of benzene rings is 1. The Kier molecular flexibility index (Phi) is 2.44. The third-order valence-corrected chi connectivity index (χ3v) is 2.70. The molecule has 0 spiro atoms. The zero-order chi connectivity index (χ0) is 12.5. The fourth-order valence-electron chi connectivity index (χ4n) is 1.83. The number of hydrogen-bond acceptors (Lipinski definition) is 4. The number of anilines is 1. The number of carbonyl (C=O) groups excluding carboxylic acids is 1. The number of hydrogen-bond donors (Lipinski definition) is 1. The average molecular weight is 248 g/mol. The van der Waals surface area contributed by atoms with Crippen molar-refractivity contribution in [3.05, 3.63) is 30.3 Å². The third kappa shape index (κ3) is 1.69. The highest BCUT2D eigenvalue weighted by Gasteiger charge is 2.24. The molecule has 6 nitrogen and oxygen atoms in total. The normalized spacial score (nSPS) is 14.9. The molecule has 0 bridgehead atoms. The van der Waals surface area contributed by atoms with E-state index in [4.69, 9.17) is 4.74 Å². The van der Waals surface area contributed by atoms with Gasteiger partial charge in [0.25, 0.3) is 0 Å². The lowest BCUT2D eigenvalue weighted by atomic mass is 10.1. The Balaban J connectivity index is 1.96. The smallest absolute Gasteiger partial charge is 0.414 e. The Labute approximate surface area is 101 Å². The van der Waals surface area contributed by atoms with E-state index in [-0.39, 0.29) is 0 Å². The molecule has 1 aromatic carbocycles. The molecule has 1 fully saturated rings. The van der Waals surface area contributed by atoms with Crippen LogP contribution in [-0.4, -0.2) is 34.4 Å². The summed E-state index contributed by atoms with van der Waals surface area (Å²) in [4.78, 5) is 16.6. The summed E-state index contributed by atoms with van der Waals surface area (Å²) >= 11 is 0. The van der Waals surface area contributed by atoms with E-state index in [0.717, 1.165) is 0 Å². The number of halogens is 1. The molecule has 2 aromatic rings. The van der Waals surface area contributed by atoms with Crippen molar-refractivity contribution in [2.75, 3.05) is 18.1 Å². The fraction of sp³-hybridized carbons (Fsp3) is 0.182. The van der Waals surface area contributed by atoms with Crippen molar-refractivity contribution in [2.24, 2.45) is 0 Å². The van der Waals surface area contributed by atoms with Crippen LogP contribution < -0.4 is 4.90 Å². The summed E-state index contributed by atoms with van der Waals surface area (Å²) in [6.45, 7) is 0.754. The van der Waals surface area contributed by atoms with E-state index in [1.807, 2.05) is 0 Å².